The van der Waals surface area contributed by atoms with Gasteiger partial charge in [0, 0.05) is 42.0 Å². The van der Waals surface area contributed by atoms with Gasteiger partial charge in [0.1, 0.15) is 6.04 Å². The van der Waals surface area contributed by atoms with E-state index in [1.54, 1.807) is 29.2 Å². The number of anilines is 1. The fraction of sp³-hybridized carbons (Fsp3) is 0.310. The zero-order chi connectivity index (χ0) is 28.4. The van der Waals surface area contributed by atoms with Crippen LogP contribution in [0.15, 0.2) is 83.3 Å². The first-order valence-corrected chi connectivity index (χ1v) is 15.7. The van der Waals surface area contributed by atoms with Gasteiger partial charge in [-0.2, -0.15) is 0 Å². The Morgan fingerprint density at radius 2 is 1.59 bits per heavy atom. The Hall–Kier alpha value is -2.88. The monoisotopic (exact) mass is 633 g/mol. The molecular formula is C29H33BrClN3O4S. The number of carbonyl (C=O) groups excluding carboxylic acids is 2. The van der Waals surface area contributed by atoms with Gasteiger partial charge in [-0.1, -0.05) is 70.0 Å². The molecule has 2 amide bonds. The van der Waals surface area contributed by atoms with Gasteiger partial charge in [0.2, 0.25) is 21.8 Å². The van der Waals surface area contributed by atoms with Crippen LogP contribution in [-0.2, 0) is 32.6 Å². The zero-order valence-electron chi connectivity index (χ0n) is 22.0. The molecule has 0 unspecified atom stereocenters. The number of rotatable bonds is 13. The highest BCUT2D eigenvalue weighted by Gasteiger charge is 2.30. The largest absolute Gasteiger partial charge is 0.355 e. The fourth-order valence-corrected chi connectivity index (χ4v) is 5.60. The van der Waals surface area contributed by atoms with Crippen LogP contribution in [0.5, 0.6) is 0 Å². The second-order valence-corrected chi connectivity index (χ2v) is 12.4. The van der Waals surface area contributed by atoms with Gasteiger partial charge in [-0.3, -0.25) is 13.9 Å². The lowest BCUT2D eigenvalue weighted by Crippen LogP contribution is -2.50. The lowest BCUT2D eigenvalue weighted by atomic mass is 10.0. The van der Waals surface area contributed by atoms with Gasteiger partial charge in [-0.05, 0) is 60.9 Å². The van der Waals surface area contributed by atoms with Crippen LogP contribution in [0.2, 0.25) is 5.02 Å². The third-order valence-corrected chi connectivity index (χ3v) is 8.13. The van der Waals surface area contributed by atoms with Crippen molar-refractivity contribution in [1.82, 2.24) is 10.2 Å². The highest BCUT2D eigenvalue weighted by molar-refractivity contribution is 9.10. The van der Waals surface area contributed by atoms with E-state index in [2.05, 4.69) is 21.2 Å². The summed E-state index contributed by atoms with van der Waals surface area (Å²) < 4.78 is 27.2. The number of benzene rings is 3. The number of amides is 2. The molecule has 0 aliphatic carbocycles. The van der Waals surface area contributed by atoms with Crippen LogP contribution in [0.1, 0.15) is 30.9 Å². The molecule has 7 nitrogen and oxygen atoms in total. The first-order chi connectivity index (χ1) is 18.6. The third-order valence-electron chi connectivity index (χ3n) is 6.16. The summed E-state index contributed by atoms with van der Waals surface area (Å²) in [7, 11) is -3.58. The second kappa shape index (κ2) is 14.5. The molecule has 0 saturated carbocycles. The number of carbonyl (C=O) groups is 2. The Morgan fingerprint density at radius 1 is 0.949 bits per heavy atom. The lowest BCUT2D eigenvalue weighted by Gasteiger charge is -2.32. The number of likely N-dealkylation sites (N-methyl/N-ethyl adjacent to an activating group) is 1. The maximum absolute atomic E-state index is 13.7. The van der Waals surface area contributed by atoms with E-state index < -0.39 is 16.1 Å². The maximum Gasteiger partial charge on any atom is 0.243 e. The Labute approximate surface area is 244 Å². The predicted octanol–water partition coefficient (Wildman–Crippen LogP) is 5.42. The fourth-order valence-electron chi connectivity index (χ4n) is 4.24. The minimum Gasteiger partial charge on any atom is -0.355 e. The van der Waals surface area contributed by atoms with Crippen molar-refractivity contribution < 1.29 is 18.0 Å². The van der Waals surface area contributed by atoms with Crippen LogP contribution in [0.25, 0.3) is 0 Å². The number of hydrogen-bond acceptors (Lipinski definition) is 4. The van der Waals surface area contributed by atoms with Crippen LogP contribution in [-0.4, -0.2) is 50.5 Å². The smallest absolute Gasteiger partial charge is 0.243 e. The predicted molar refractivity (Wildman–Crippen MR) is 160 cm³/mol. The molecule has 0 aromatic heterocycles. The van der Waals surface area contributed by atoms with Crippen LogP contribution in [0.4, 0.5) is 5.69 Å². The summed E-state index contributed by atoms with van der Waals surface area (Å²) in [6, 6.07) is 23.0. The molecule has 0 aliphatic heterocycles. The van der Waals surface area contributed by atoms with Crippen molar-refractivity contribution in [2.75, 3.05) is 23.7 Å². The van der Waals surface area contributed by atoms with Crippen molar-refractivity contribution in [2.45, 2.75) is 38.8 Å². The average molecular weight is 635 g/mol. The summed E-state index contributed by atoms with van der Waals surface area (Å²) in [5, 5.41) is 3.38. The molecule has 10 heteroatoms. The molecule has 3 aromatic carbocycles. The van der Waals surface area contributed by atoms with Crippen molar-refractivity contribution >= 4 is 55.1 Å². The molecule has 0 fully saturated rings. The van der Waals surface area contributed by atoms with Gasteiger partial charge >= 0.3 is 0 Å². The van der Waals surface area contributed by atoms with E-state index in [0.29, 0.717) is 23.7 Å². The molecule has 0 aliphatic rings. The molecule has 1 atom stereocenters. The standard InChI is InChI=1S/C29H33BrClN3O4S/c1-3-32-29(36)27(20-22-8-5-4-6-9-22)33(21-23-11-13-24(30)14-12-23)28(35)10-7-19-34(39(2,37)38)26-17-15-25(31)16-18-26/h4-6,8-9,11-18,27H,3,7,10,19-21H2,1-2H3,(H,32,36)/t27-/m1/s1. The number of sulfonamides is 1. The molecule has 3 aromatic rings. The third kappa shape index (κ3) is 9.37. The first kappa shape index (κ1) is 30.7. The first-order valence-electron chi connectivity index (χ1n) is 12.7. The molecule has 0 heterocycles. The SMILES string of the molecule is CCNC(=O)[C@@H](Cc1ccccc1)N(Cc1ccc(Br)cc1)C(=O)CCCN(c1ccc(Cl)cc1)S(C)(=O)=O. The van der Waals surface area contributed by atoms with E-state index in [9.17, 15) is 18.0 Å². The van der Waals surface area contributed by atoms with E-state index in [1.807, 2.05) is 61.5 Å². The number of halogens is 2. The Morgan fingerprint density at radius 3 is 2.18 bits per heavy atom. The van der Waals surface area contributed by atoms with Gasteiger partial charge in [0.25, 0.3) is 0 Å². The van der Waals surface area contributed by atoms with Gasteiger partial charge in [-0.25, -0.2) is 8.42 Å². The normalized spacial score (nSPS) is 12.0. The zero-order valence-corrected chi connectivity index (χ0v) is 25.2. The van der Waals surface area contributed by atoms with E-state index in [4.69, 9.17) is 11.6 Å². The Bertz CT molecular complexity index is 1340. The minimum absolute atomic E-state index is 0.0703. The molecule has 0 radical (unpaired) electrons. The van der Waals surface area contributed by atoms with Crippen LogP contribution in [0, 0.1) is 0 Å². The summed E-state index contributed by atoms with van der Waals surface area (Å²) in [5.41, 5.74) is 2.30. The van der Waals surface area contributed by atoms with Gasteiger partial charge in [-0.15, -0.1) is 0 Å². The minimum atomic E-state index is -3.58. The molecular weight excluding hydrogens is 602 g/mol. The second-order valence-electron chi connectivity index (χ2n) is 9.16. The summed E-state index contributed by atoms with van der Waals surface area (Å²) in [6.07, 6.45) is 1.84. The average Bonchev–Trinajstić information content (AvgIpc) is 2.90. The summed E-state index contributed by atoms with van der Waals surface area (Å²) in [5.74, 6) is -0.458. The molecule has 0 saturated heterocycles. The highest BCUT2D eigenvalue weighted by atomic mass is 79.9. The van der Waals surface area contributed by atoms with Crippen LogP contribution >= 0.6 is 27.5 Å². The highest BCUT2D eigenvalue weighted by Crippen LogP contribution is 2.22. The quantitative estimate of drug-likeness (QED) is 0.272. The van der Waals surface area contributed by atoms with Crippen molar-refractivity contribution in [3.63, 3.8) is 0 Å². The van der Waals surface area contributed by atoms with Crippen molar-refractivity contribution in [2.24, 2.45) is 0 Å². The number of nitrogens with zero attached hydrogens (tertiary/aromatic N) is 2. The number of hydrogen-bond donors (Lipinski definition) is 1. The topological polar surface area (TPSA) is 86.8 Å². The molecule has 0 spiro atoms. The van der Waals surface area contributed by atoms with Crippen LogP contribution in [0.3, 0.4) is 0 Å². The van der Waals surface area contributed by atoms with E-state index in [-0.39, 0.29) is 37.7 Å². The molecule has 3 rings (SSSR count). The Kier molecular flexibility index (Phi) is 11.4. The number of nitrogens with one attached hydrogen (secondary N) is 1. The Balaban J connectivity index is 1.85. The maximum atomic E-state index is 13.7. The van der Waals surface area contributed by atoms with Gasteiger partial charge in [0.15, 0.2) is 0 Å². The lowest BCUT2D eigenvalue weighted by molar-refractivity contribution is -0.141. The van der Waals surface area contributed by atoms with Crippen molar-refractivity contribution in [1.29, 1.82) is 0 Å². The molecule has 208 valence electrons. The van der Waals surface area contributed by atoms with Crippen LogP contribution < -0.4 is 9.62 Å². The van der Waals surface area contributed by atoms with Crippen molar-refractivity contribution in [3.8, 4) is 0 Å². The molecule has 1 N–H and O–H groups in total. The van der Waals surface area contributed by atoms with Crippen molar-refractivity contribution in [3.05, 3.63) is 99.5 Å². The molecule has 39 heavy (non-hydrogen) atoms. The summed E-state index contributed by atoms with van der Waals surface area (Å²) in [4.78, 5) is 28.6. The van der Waals surface area contributed by atoms with E-state index >= 15 is 0 Å². The van der Waals surface area contributed by atoms with E-state index in [0.717, 1.165) is 21.9 Å². The van der Waals surface area contributed by atoms with E-state index in [1.165, 1.54) is 4.31 Å². The summed E-state index contributed by atoms with van der Waals surface area (Å²) in [6.45, 7) is 2.64. The molecule has 0 bridgehead atoms. The van der Waals surface area contributed by atoms with Gasteiger partial charge < -0.3 is 10.2 Å². The summed E-state index contributed by atoms with van der Waals surface area (Å²) >= 11 is 9.41. The van der Waals surface area contributed by atoms with Gasteiger partial charge in [0.05, 0.1) is 11.9 Å².